The Morgan fingerprint density at radius 2 is 0.912 bits per heavy atom. The van der Waals surface area contributed by atoms with Crippen molar-refractivity contribution in [3.05, 3.63) is 126 Å². The fourth-order valence-corrected chi connectivity index (χ4v) is 10.0. The number of alkyl halides is 6. The van der Waals surface area contributed by atoms with E-state index in [1.165, 1.54) is 0 Å². The molecule has 0 saturated carbocycles. The summed E-state index contributed by atoms with van der Waals surface area (Å²) in [4.78, 5) is 0. The molecule has 0 radical (unpaired) electrons. The normalized spacial score (nSPS) is 13.9. The van der Waals surface area contributed by atoms with Gasteiger partial charge in [-0.15, -0.1) is 0 Å². The Hall–Kier alpha value is -3.11. The van der Waals surface area contributed by atoms with Gasteiger partial charge in [-0.2, -0.15) is 0 Å². The maximum absolute atomic E-state index is 15.1. The summed E-state index contributed by atoms with van der Waals surface area (Å²) in [5.41, 5.74) is -3.66. The van der Waals surface area contributed by atoms with Gasteiger partial charge in [0.05, 0.1) is 0 Å². The van der Waals surface area contributed by atoms with E-state index in [4.69, 9.17) is 0 Å². The molecule has 4 aromatic carbocycles. The van der Waals surface area contributed by atoms with Crippen molar-refractivity contribution in [2.24, 2.45) is 0 Å². The summed E-state index contributed by atoms with van der Waals surface area (Å²) in [7, 11) is -4.00. The summed E-state index contributed by atoms with van der Waals surface area (Å²) in [6.07, 6.45) is -9.58. The molecule has 34 heavy (non-hydrogen) atoms. The third-order valence-electron chi connectivity index (χ3n) is 6.00. The molecule has 0 spiro atoms. The van der Waals surface area contributed by atoms with Crippen LogP contribution in [0.4, 0.5) is 26.3 Å². The quantitative estimate of drug-likeness (QED) is 0.208. The van der Waals surface area contributed by atoms with E-state index < -0.39 is 36.4 Å². The SMILES string of the molecule is FC(F)(F)c1cccc(C(C(F)(F)F)[PH](c2ccccc2)(c2ccccc2)c2ccccc2)c1. The van der Waals surface area contributed by atoms with Crippen LogP contribution in [-0.4, -0.2) is 6.18 Å². The Kier molecular flexibility index (Phi) is 6.55. The molecule has 1 unspecified atom stereocenters. The predicted octanol–water partition coefficient (Wildman–Crippen LogP) is 7.04. The van der Waals surface area contributed by atoms with Gasteiger partial charge in [0.15, 0.2) is 0 Å². The second-order valence-corrected chi connectivity index (χ2v) is 11.9. The van der Waals surface area contributed by atoms with E-state index in [1.54, 1.807) is 91.0 Å². The fourth-order valence-electron chi connectivity index (χ4n) is 4.68. The van der Waals surface area contributed by atoms with Gasteiger partial charge in [-0.1, -0.05) is 0 Å². The van der Waals surface area contributed by atoms with E-state index in [2.05, 4.69) is 0 Å². The van der Waals surface area contributed by atoms with Crippen LogP contribution in [0, 0.1) is 0 Å². The van der Waals surface area contributed by atoms with Crippen molar-refractivity contribution in [1.82, 2.24) is 0 Å². The molecule has 0 nitrogen and oxygen atoms in total. The molecular weight excluding hydrogens is 469 g/mol. The summed E-state index contributed by atoms with van der Waals surface area (Å²) in [6, 6.07) is 28.7. The Labute approximate surface area is 194 Å². The average molecular weight is 490 g/mol. The van der Waals surface area contributed by atoms with Crippen LogP contribution in [0.25, 0.3) is 0 Å². The zero-order chi connectivity index (χ0) is 24.4. The van der Waals surface area contributed by atoms with Crippen LogP contribution in [0.3, 0.4) is 0 Å². The molecule has 4 rings (SSSR count). The fraction of sp³-hybridized carbons (Fsp3) is 0.111. The molecule has 4 aromatic rings. The molecule has 0 N–H and O–H groups in total. The van der Waals surface area contributed by atoms with Crippen LogP contribution < -0.4 is 15.9 Å². The van der Waals surface area contributed by atoms with Gasteiger partial charge in [-0.25, -0.2) is 0 Å². The van der Waals surface area contributed by atoms with Crippen LogP contribution in [-0.2, 0) is 6.18 Å². The van der Waals surface area contributed by atoms with Gasteiger partial charge < -0.3 is 0 Å². The van der Waals surface area contributed by atoms with Crippen molar-refractivity contribution in [3.63, 3.8) is 0 Å². The molecule has 0 amide bonds. The second-order valence-electron chi connectivity index (χ2n) is 8.00. The van der Waals surface area contributed by atoms with E-state index >= 15 is 13.2 Å². The van der Waals surface area contributed by atoms with Crippen molar-refractivity contribution in [1.29, 1.82) is 0 Å². The predicted molar refractivity (Wildman–Crippen MR) is 127 cm³/mol. The monoisotopic (exact) mass is 490 g/mol. The van der Waals surface area contributed by atoms with Crippen molar-refractivity contribution >= 4 is 23.2 Å². The van der Waals surface area contributed by atoms with Gasteiger partial charge in [0.25, 0.3) is 0 Å². The van der Waals surface area contributed by atoms with Crippen LogP contribution >= 0.6 is 7.26 Å². The number of hydrogen-bond acceptors (Lipinski definition) is 0. The topological polar surface area (TPSA) is 0 Å². The summed E-state index contributed by atoms with van der Waals surface area (Å²) < 4.78 is 86.0. The Balaban J connectivity index is 2.16. The molecule has 0 aliphatic heterocycles. The molecule has 0 aliphatic carbocycles. The van der Waals surface area contributed by atoms with Gasteiger partial charge in [0.2, 0.25) is 0 Å². The van der Waals surface area contributed by atoms with Crippen molar-refractivity contribution < 1.29 is 26.3 Å². The number of rotatable bonds is 5. The van der Waals surface area contributed by atoms with Gasteiger partial charge in [-0.3, -0.25) is 0 Å². The number of benzene rings is 4. The van der Waals surface area contributed by atoms with Gasteiger partial charge in [0.1, 0.15) is 0 Å². The molecule has 0 aromatic heterocycles. The Morgan fingerprint density at radius 1 is 0.500 bits per heavy atom. The first-order chi connectivity index (χ1) is 16.1. The van der Waals surface area contributed by atoms with Crippen LogP contribution in [0.15, 0.2) is 115 Å². The molecule has 0 bridgehead atoms. The molecule has 176 valence electrons. The number of halogens is 6. The average Bonchev–Trinajstić information content (AvgIpc) is 2.83. The Morgan fingerprint density at radius 3 is 1.26 bits per heavy atom. The van der Waals surface area contributed by atoms with Crippen LogP contribution in [0.2, 0.25) is 0 Å². The first kappa shape index (κ1) is 24.0. The van der Waals surface area contributed by atoms with Crippen molar-refractivity contribution in [2.75, 3.05) is 0 Å². The third kappa shape index (κ3) is 4.47. The molecule has 0 aliphatic rings. The summed E-state index contributed by atoms with van der Waals surface area (Å²) in [5, 5.41) is 1.39. The minimum atomic E-state index is -4.82. The summed E-state index contributed by atoms with van der Waals surface area (Å²) >= 11 is 0. The molecule has 1 atom stereocenters. The zero-order valence-electron chi connectivity index (χ0n) is 17.8. The van der Waals surface area contributed by atoms with Crippen molar-refractivity contribution in [3.8, 4) is 0 Å². The molecule has 0 saturated heterocycles. The van der Waals surface area contributed by atoms with Crippen LogP contribution in [0.1, 0.15) is 16.8 Å². The summed E-state index contributed by atoms with van der Waals surface area (Å²) in [5.74, 6) is 0. The van der Waals surface area contributed by atoms with E-state index in [1.807, 2.05) is 0 Å². The van der Waals surface area contributed by atoms with E-state index in [0.29, 0.717) is 22.0 Å². The first-order valence-corrected chi connectivity index (χ1v) is 12.6. The maximum atomic E-state index is 15.1. The molecule has 0 fully saturated rings. The van der Waals surface area contributed by atoms with Crippen molar-refractivity contribution in [2.45, 2.75) is 18.0 Å². The standard InChI is InChI=1S/C27H21F6P/c28-26(29,30)21-12-10-11-20(19-21)25(27(31,32)33)34(22-13-4-1-5-14-22,23-15-6-2-7-16-23)24-17-8-3-9-18-24/h1-19,25,34H. The first-order valence-electron chi connectivity index (χ1n) is 10.6. The Bertz CT molecular complexity index is 1120. The molecule has 7 heteroatoms. The van der Waals surface area contributed by atoms with Gasteiger partial charge in [-0.05, 0) is 0 Å². The second kappa shape index (κ2) is 9.27. The zero-order valence-corrected chi connectivity index (χ0v) is 18.8. The minimum absolute atomic E-state index is 0.398. The van der Waals surface area contributed by atoms with Gasteiger partial charge >= 0.3 is 194 Å². The van der Waals surface area contributed by atoms with Gasteiger partial charge in [0, 0.05) is 0 Å². The van der Waals surface area contributed by atoms with E-state index in [-0.39, 0.29) is 0 Å². The summed E-state index contributed by atoms with van der Waals surface area (Å²) in [6.45, 7) is 0. The van der Waals surface area contributed by atoms with E-state index in [9.17, 15) is 13.2 Å². The number of hydrogen-bond donors (Lipinski definition) is 0. The van der Waals surface area contributed by atoms with Crippen LogP contribution in [0.5, 0.6) is 0 Å². The van der Waals surface area contributed by atoms with E-state index in [0.717, 1.165) is 18.2 Å². The molecule has 0 heterocycles. The third-order valence-corrected chi connectivity index (χ3v) is 11.3. The molecular formula is C27H21F6P.